The number of hydrogen-bond donors (Lipinski definition) is 1. The van der Waals surface area contributed by atoms with Crippen molar-refractivity contribution in [3.8, 4) is 28.5 Å². The summed E-state index contributed by atoms with van der Waals surface area (Å²) in [5.74, 6) is 2.03. The first-order chi connectivity index (χ1) is 10.7. The van der Waals surface area contributed by atoms with Crippen LogP contribution in [0.25, 0.3) is 22.8 Å². The van der Waals surface area contributed by atoms with E-state index in [1.807, 2.05) is 55.5 Å². The first-order valence-corrected chi connectivity index (χ1v) is 6.89. The summed E-state index contributed by atoms with van der Waals surface area (Å²) in [5.41, 5.74) is 8.76. The molecule has 0 unspecified atom stereocenters. The number of ether oxygens (including phenoxy) is 1. The molecule has 22 heavy (non-hydrogen) atoms. The summed E-state index contributed by atoms with van der Waals surface area (Å²) in [4.78, 5) is 13.0. The van der Waals surface area contributed by atoms with E-state index in [1.54, 1.807) is 7.11 Å². The van der Waals surface area contributed by atoms with Gasteiger partial charge in [-0.1, -0.05) is 42.0 Å². The Morgan fingerprint density at radius 1 is 0.864 bits per heavy atom. The molecule has 110 valence electrons. The molecule has 5 heteroatoms. The maximum Gasteiger partial charge on any atom is 0.224 e. The molecule has 0 aliphatic carbocycles. The van der Waals surface area contributed by atoms with Crippen molar-refractivity contribution in [1.29, 1.82) is 0 Å². The molecule has 2 aromatic carbocycles. The highest BCUT2D eigenvalue weighted by atomic mass is 16.5. The van der Waals surface area contributed by atoms with Crippen molar-refractivity contribution in [3.63, 3.8) is 0 Å². The molecule has 3 aromatic rings. The monoisotopic (exact) mass is 292 g/mol. The van der Waals surface area contributed by atoms with Gasteiger partial charge in [-0.05, 0) is 19.1 Å². The van der Waals surface area contributed by atoms with Crippen LogP contribution < -0.4 is 10.5 Å². The SMILES string of the molecule is COc1cccc(-c2nc(N)nc(-c3ccc(C)cc3)n2)c1. The molecule has 0 atom stereocenters. The van der Waals surface area contributed by atoms with E-state index in [0.29, 0.717) is 11.6 Å². The zero-order valence-corrected chi connectivity index (χ0v) is 12.4. The van der Waals surface area contributed by atoms with E-state index in [9.17, 15) is 0 Å². The Balaban J connectivity index is 2.08. The number of hydrogen-bond acceptors (Lipinski definition) is 5. The molecule has 0 saturated heterocycles. The maximum atomic E-state index is 5.84. The number of nitrogen functional groups attached to an aromatic ring is 1. The number of rotatable bonds is 3. The zero-order chi connectivity index (χ0) is 15.5. The van der Waals surface area contributed by atoms with Gasteiger partial charge in [0, 0.05) is 11.1 Å². The lowest BCUT2D eigenvalue weighted by atomic mass is 10.1. The lowest BCUT2D eigenvalue weighted by Crippen LogP contribution is -2.02. The zero-order valence-electron chi connectivity index (χ0n) is 12.4. The molecule has 5 nitrogen and oxygen atoms in total. The first kappa shape index (κ1) is 14.0. The van der Waals surface area contributed by atoms with E-state index < -0.39 is 0 Å². The van der Waals surface area contributed by atoms with Crippen LogP contribution in [0.5, 0.6) is 5.75 Å². The normalized spacial score (nSPS) is 10.5. The number of benzene rings is 2. The average Bonchev–Trinajstić information content (AvgIpc) is 2.55. The number of nitrogens with two attached hydrogens (primary N) is 1. The molecule has 0 amide bonds. The van der Waals surface area contributed by atoms with E-state index in [4.69, 9.17) is 10.5 Å². The summed E-state index contributed by atoms with van der Waals surface area (Å²) in [6, 6.07) is 15.5. The molecule has 1 aromatic heterocycles. The Kier molecular flexibility index (Phi) is 3.70. The molecule has 0 aliphatic heterocycles. The summed E-state index contributed by atoms with van der Waals surface area (Å²) >= 11 is 0. The van der Waals surface area contributed by atoms with Gasteiger partial charge < -0.3 is 10.5 Å². The third-order valence-electron chi connectivity index (χ3n) is 3.29. The molecule has 0 fully saturated rings. The minimum absolute atomic E-state index is 0.198. The molecular formula is C17H16N4O. The highest BCUT2D eigenvalue weighted by Crippen LogP contribution is 2.24. The van der Waals surface area contributed by atoms with Gasteiger partial charge in [-0.25, -0.2) is 4.98 Å². The summed E-state index contributed by atoms with van der Waals surface area (Å²) in [6.45, 7) is 2.03. The van der Waals surface area contributed by atoms with Crippen LogP contribution in [0, 0.1) is 6.92 Å². The lowest BCUT2D eigenvalue weighted by Gasteiger charge is -2.07. The van der Waals surface area contributed by atoms with Crippen LogP contribution in [-0.2, 0) is 0 Å². The van der Waals surface area contributed by atoms with Crippen molar-refractivity contribution in [1.82, 2.24) is 15.0 Å². The third-order valence-corrected chi connectivity index (χ3v) is 3.29. The van der Waals surface area contributed by atoms with Gasteiger partial charge in [-0.3, -0.25) is 0 Å². The van der Waals surface area contributed by atoms with Crippen LogP contribution in [0.4, 0.5) is 5.95 Å². The topological polar surface area (TPSA) is 73.9 Å². The van der Waals surface area contributed by atoms with Crippen LogP contribution in [0.1, 0.15) is 5.56 Å². The van der Waals surface area contributed by atoms with Crippen LogP contribution in [0.3, 0.4) is 0 Å². The highest BCUT2D eigenvalue weighted by Gasteiger charge is 2.09. The van der Waals surface area contributed by atoms with Crippen LogP contribution in [0.2, 0.25) is 0 Å². The van der Waals surface area contributed by atoms with Gasteiger partial charge in [0.25, 0.3) is 0 Å². The van der Waals surface area contributed by atoms with Gasteiger partial charge in [-0.2, -0.15) is 9.97 Å². The van der Waals surface area contributed by atoms with Gasteiger partial charge in [0.05, 0.1) is 7.11 Å². The van der Waals surface area contributed by atoms with Gasteiger partial charge in [0.15, 0.2) is 11.6 Å². The Bertz CT molecular complexity index is 800. The van der Waals surface area contributed by atoms with Crippen LogP contribution in [-0.4, -0.2) is 22.1 Å². The predicted octanol–water partition coefficient (Wildman–Crippen LogP) is 3.10. The van der Waals surface area contributed by atoms with Crippen molar-refractivity contribution >= 4 is 5.95 Å². The number of methoxy groups -OCH3 is 1. The quantitative estimate of drug-likeness (QED) is 0.803. The molecule has 1 heterocycles. The second kappa shape index (κ2) is 5.81. The van der Waals surface area contributed by atoms with Crippen molar-refractivity contribution in [2.75, 3.05) is 12.8 Å². The number of aromatic nitrogens is 3. The van der Waals surface area contributed by atoms with E-state index in [0.717, 1.165) is 16.9 Å². The summed E-state index contributed by atoms with van der Waals surface area (Å²) in [6.07, 6.45) is 0. The van der Waals surface area contributed by atoms with E-state index in [-0.39, 0.29) is 5.95 Å². The summed E-state index contributed by atoms with van der Waals surface area (Å²) in [7, 11) is 1.62. The van der Waals surface area contributed by atoms with Gasteiger partial charge in [0.1, 0.15) is 5.75 Å². The van der Waals surface area contributed by atoms with Gasteiger partial charge >= 0.3 is 0 Å². The molecule has 0 aliphatic rings. The van der Waals surface area contributed by atoms with E-state index in [2.05, 4.69) is 15.0 Å². The number of anilines is 1. The molecule has 0 saturated carbocycles. The fraction of sp³-hybridized carbons (Fsp3) is 0.118. The van der Waals surface area contributed by atoms with Crippen molar-refractivity contribution in [2.24, 2.45) is 0 Å². The molecule has 0 bridgehead atoms. The van der Waals surface area contributed by atoms with Gasteiger partial charge in [0.2, 0.25) is 5.95 Å². The minimum atomic E-state index is 0.198. The number of nitrogens with zero attached hydrogens (tertiary/aromatic N) is 3. The molecular weight excluding hydrogens is 276 g/mol. The highest BCUT2D eigenvalue weighted by molar-refractivity contribution is 5.63. The largest absolute Gasteiger partial charge is 0.497 e. The second-order valence-corrected chi connectivity index (χ2v) is 4.94. The Morgan fingerprint density at radius 2 is 1.55 bits per heavy atom. The molecule has 0 spiro atoms. The first-order valence-electron chi connectivity index (χ1n) is 6.89. The van der Waals surface area contributed by atoms with Crippen LogP contribution >= 0.6 is 0 Å². The second-order valence-electron chi connectivity index (χ2n) is 4.94. The maximum absolute atomic E-state index is 5.84. The third kappa shape index (κ3) is 2.88. The average molecular weight is 292 g/mol. The summed E-state index contributed by atoms with van der Waals surface area (Å²) < 4.78 is 5.23. The fourth-order valence-corrected chi connectivity index (χ4v) is 2.12. The number of aryl methyl sites for hydroxylation is 1. The molecule has 2 N–H and O–H groups in total. The van der Waals surface area contributed by atoms with E-state index in [1.165, 1.54) is 5.56 Å². The smallest absolute Gasteiger partial charge is 0.224 e. The van der Waals surface area contributed by atoms with Gasteiger partial charge in [-0.15, -0.1) is 0 Å². The minimum Gasteiger partial charge on any atom is -0.497 e. The predicted molar refractivity (Wildman–Crippen MR) is 86.4 cm³/mol. The molecule has 3 rings (SSSR count). The summed E-state index contributed by atoms with van der Waals surface area (Å²) in [5, 5.41) is 0. The van der Waals surface area contributed by atoms with E-state index >= 15 is 0 Å². The van der Waals surface area contributed by atoms with Crippen molar-refractivity contribution in [3.05, 3.63) is 54.1 Å². The lowest BCUT2D eigenvalue weighted by molar-refractivity contribution is 0.415. The standard InChI is InChI=1S/C17H16N4O/c1-11-6-8-12(9-7-11)15-19-16(21-17(18)20-15)13-4-3-5-14(10-13)22-2/h3-10H,1-2H3,(H2,18,19,20,21). The Labute approximate surface area is 128 Å². The van der Waals surface area contributed by atoms with Crippen molar-refractivity contribution in [2.45, 2.75) is 6.92 Å². The van der Waals surface area contributed by atoms with Crippen LogP contribution in [0.15, 0.2) is 48.5 Å². The Hall–Kier alpha value is -2.95. The van der Waals surface area contributed by atoms with Crippen molar-refractivity contribution < 1.29 is 4.74 Å². The fourth-order valence-electron chi connectivity index (χ4n) is 2.12. The molecule has 0 radical (unpaired) electrons. The Morgan fingerprint density at radius 3 is 2.23 bits per heavy atom.